The van der Waals surface area contributed by atoms with Crippen molar-refractivity contribution in [3.8, 4) is 0 Å². The zero-order valence-corrected chi connectivity index (χ0v) is 17.3. The van der Waals surface area contributed by atoms with Crippen LogP contribution in [0.2, 0.25) is 0 Å². The number of amides is 1. The number of nitrogens with zero attached hydrogens (tertiary/aromatic N) is 1. The van der Waals surface area contributed by atoms with Crippen molar-refractivity contribution in [1.29, 1.82) is 0 Å². The molecule has 3 atom stereocenters. The number of H-pyrrole nitrogens is 1. The number of alkyl halides is 3. The van der Waals surface area contributed by atoms with E-state index in [9.17, 15) is 18.0 Å². The highest BCUT2D eigenvalue weighted by molar-refractivity contribution is 5.90. The number of fused-ring (bicyclic) bond motifs is 2. The molecule has 0 bridgehead atoms. The summed E-state index contributed by atoms with van der Waals surface area (Å²) < 4.78 is 39.3. The molecule has 0 spiro atoms. The van der Waals surface area contributed by atoms with Crippen LogP contribution in [0.15, 0.2) is 18.2 Å². The van der Waals surface area contributed by atoms with E-state index in [1.54, 1.807) is 0 Å². The number of halogens is 3. The summed E-state index contributed by atoms with van der Waals surface area (Å²) in [5, 5.41) is 4.13. The molecular weight excluding hydrogens is 379 g/mol. The number of rotatable bonds is 2. The standard InChI is InChI=1S/C22H28F3N3O/c1-21(2,3)20(29)26-12-8-14-13-6-5-7-16-19(13)15(9-18(14)28(4)11-12)17(27-16)10-22(23,24)25/h5-7,12,14,18,27H,8-11H2,1-4H3,(H,26,29)/t12-,14+,18+/m0/s1. The SMILES string of the molecule is CN1C[C@@H](NC(=O)C(C)(C)C)C[C@@H]2c3cccc4[nH]c(CC(F)(F)F)c(c34)C[C@H]21. The minimum Gasteiger partial charge on any atom is -0.358 e. The van der Waals surface area contributed by atoms with Crippen LogP contribution < -0.4 is 5.32 Å². The zero-order chi connectivity index (χ0) is 21.1. The van der Waals surface area contributed by atoms with Gasteiger partial charge in [-0.2, -0.15) is 13.2 Å². The van der Waals surface area contributed by atoms with Gasteiger partial charge >= 0.3 is 6.18 Å². The van der Waals surface area contributed by atoms with Gasteiger partial charge < -0.3 is 15.2 Å². The molecule has 1 amide bonds. The first-order valence-corrected chi connectivity index (χ1v) is 10.1. The fraction of sp³-hybridized carbons (Fsp3) is 0.591. The molecule has 2 N–H and O–H groups in total. The normalized spacial score (nSPS) is 25.1. The number of aromatic amines is 1. The predicted molar refractivity (Wildman–Crippen MR) is 107 cm³/mol. The summed E-state index contributed by atoms with van der Waals surface area (Å²) in [4.78, 5) is 17.7. The molecule has 0 saturated carbocycles. The Morgan fingerprint density at radius 3 is 2.66 bits per heavy atom. The number of carbonyl (C=O) groups is 1. The molecule has 7 heteroatoms. The summed E-state index contributed by atoms with van der Waals surface area (Å²) in [5.41, 5.74) is 2.51. The van der Waals surface area contributed by atoms with Gasteiger partial charge in [-0.05, 0) is 37.1 Å². The number of nitrogens with one attached hydrogen (secondary N) is 2. The Morgan fingerprint density at radius 2 is 2.00 bits per heavy atom. The fourth-order valence-electron chi connectivity index (χ4n) is 4.96. The lowest BCUT2D eigenvalue weighted by Gasteiger charge is -2.46. The van der Waals surface area contributed by atoms with Gasteiger partial charge in [0.1, 0.15) is 0 Å². The van der Waals surface area contributed by atoms with E-state index in [0.717, 1.165) is 28.5 Å². The largest absolute Gasteiger partial charge is 0.394 e. The summed E-state index contributed by atoms with van der Waals surface area (Å²) in [5.74, 6) is 0.211. The van der Waals surface area contributed by atoms with Gasteiger partial charge in [0.05, 0.1) is 6.42 Å². The minimum atomic E-state index is -4.24. The predicted octanol–water partition coefficient (Wildman–Crippen LogP) is 4.15. The lowest BCUT2D eigenvalue weighted by Crippen LogP contribution is -2.56. The molecule has 29 heavy (non-hydrogen) atoms. The second-order valence-electron chi connectivity index (χ2n) is 9.62. The van der Waals surface area contributed by atoms with Crippen LogP contribution in [0, 0.1) is 5.41 Å². The number of aromatic nitrogens is 1. The molecule has 0 unspecified atom stereocenters. The number of piperidine rings is 1. The van der Waals surface area contributed by atoms with E-state index in [2.05, 4.69) is 15.2 Å². The maximum atomic E-state index is 13.1. The van der Waals surface area contributed by atoms with Crippen LogP contribution in [0.3, 0.4) is 0 Å². The van der Waals surface area contributed by atoms with Gasteiger partial charge in [0.25, 0.3) is 0 Å². The summed E-state index contributed by atoms with van der Waals surface area (Å²) in [6, 6.07) is 5.97. The Labute approximate surface area is 168 Å². The van der Waals surface area contributed by atoms with Crippen LogP contribution in [-0.2, 0) is 17.6 Å². The van der Waals surface area contributed by atoms with Gasteiger partial charge in [0.15, 0.2) is 0 Å². The van der Waals surface area contributed by atoms with Crippen molar-refractivity contribution in [2.45, 2.75) is 64.2 Å². The Balaban J connectivity index is 1.69. The van der Waals surface area contributed by atoms with Gasteiger partial charge in [0.2, 0.25) is 5.91 Å². The third-order valence-corrected chi connectivity index (χ3v) is 6.33. The molecule has 1 aromatic heterocycles. The van der Waals surface area contributed by atoms with Crippen LogP contribution in [-0.4, -0.2) is 47.6 Å². The molecule has 1 aliphatic heterocycles. The van der Waals surface area contributed by atoms with Gasteiger partial charge in [-0.1, -0.05) is 32.9 Å². The lowest BCUT2D eigenvalue weighted by molar-refractivity contribution is -0.130. The molecule has 4 rings (SSSR count). The first kappa shape index (κ1) is 20.3. The molecule has 1 aliphatic carbocycles. The summed E-state index contributed by atoms with van der Waals surface area (Å²) in [6.45, 7) is 6.39. The highest BCUT2D eigenvalue weighted by Crippen LogP contribution is 2.45. The molecule has 2 heterocycles. The molecule has 158 valence electrons. The van der Waals surface area contributed by atoms with E-state index in [-0.39, 0.29) is 29.6 Å². The van der Waals surface area contributed by atoms with Gasteiger partial charge in [0, 0.05) is 46.6 Å². The third-order valence-electron chi connectivity index (χ3n) is 6.33. The third kappa shape index (κ3) is 3.77. The van der Waals surface area contributed by atoms with Crippen LogP contribution in [0.25, 0.3) is 10.9 Å². The fourth-order valence-corrected chi connectivity index (χ4v) is 4.96. The van der Waals surface area contributed by atoms with E-state index < -0.39 is 18.0 Å². The average molecular weight is 407 g/mol. The number of hydrogen-bond acceptors (Lipinski definition) is 2. The Bertz CT molecular complexity index is 941. The average Bonchev–Trinajstić information content (AvgIpc) is 2.92. The highest BCUT2D eigenvalue weighted by Gasteiger charge is 2.42. The summed E-state index contributed by atoms with van der Waals surface area (Å²) >= 11 is 0. The van der Waals surface area contributed by atoms with E-state index in [4.69, 9.17) is 0 Å². The molecule has 1 aromatic carbocycles. The molecular formula is C22H28F3N3O. The van der Waals surface area contributed by atoms with Crippen molar-refractivity contribution < 1.29 is 18.0 Å². The van der Waals surface area contributed by atoms with Crippen LogP contribution in [0.4, 0.5) is 13.2 Å². The van der Waals surface area contributed by atoms with Crippen molar-refractivity contribution in [3.05, 3.63) is 35.0 Å². The number of hydrogen-bond donors (Lipinski definition) is 2. The number of benzene rings is 1. The quantitative estimate of drug-likeness (QED) is 0.786. The van der Waals surface area contributed by atoms with E-state index in [1.807, 2.05) is 46.0 Å². The number of carbonyl (C=O) groups excluding carboxylic acids is 1. The van der Waals surface area contributed by atoms with Crippen molar-refractivity contribution >= 4 is 16.8 Å². The van der Waals surface area contributed by atoms with E-state index in [0.29, 0.717) is 13.0 Å². The van der Waals surface area contributed by atoms with Crippen LogP contribution >= 0.6 is 0 Å². The molecule has 1 fully saturated rings. The van der Waals surface area contributed by atoms with E-state index in [1.165, 1.54) is 0 Å². The Hall–Kier alpha value is -2.02. The molecule has 2 aliphatic rings. The minimum absolute atomic E-state index is 0.0261. The topological polar surface area (TPSA) is 48.1 Å². The first-order chi connectivity index (χ1) is 13.4. The second kappa shape index (κ2) is 6.76. The van der Waals surface area contributed by atoms with Gasteiger partial charge in [-0.15, -0.1) is 0 Å². The van der Waals surface area contributed by atoms with Gasteiger partial charge in [-0.3, -0.25) is 4.79 Å². The monoisotopic (exact) mass is 407 g/mol. The molecule has 2 aromatic rings. The van der Waals surface area contributed by atoms with Crippen molar-refractivity contribution in [3.63, 3.8) is 0 Å². The van der Waals surface area contributed by atoms with Crippen LogP contribution in [0.1, 0.15) is 49.9 Å². The maximum Gasteiger partial charge on any atom is 0.394 e. The number of likely N-dealkylation sites (tertiary alicyclic amines) is 1. The Morgan fingerprint density at radius 1 is 1.28 bits per heavy atom. The summed E-state index contributed by atoms with van der Waals surface area (Å²) in [6.07, 6.45) is -3.77. The highest BCUT2D eigenvalue weighted by atomic mass is 19.4. The number of likely N-dealkylation sites (N-methyl/N-ethyl adjacent to an activating group) is 1. The second-order valence-corrected chi connectivity index (χ2v) is 9.62. The first-order valence-electron chi connectivity index (χ1n) is 10.1. The lowest BCUT2D eigenvalue weighted by atomic mass is 9.73. The molecule has 1 saturated heterocycles. The van der Waals surface area contributed by atoms with E-state index >= 15 is 0 Å². The molecule has 0 radical (unpaired) electrons. The maximum absolute atomic E-state index is 13.1. The smallest absolute Gasteiger partial charge is 0.358 e. The van der Waals surface area contributed by atoms with Gasteiger partial charge in [-0.25, -0.2) is 0 Å². The molecule has 4 nitrogen and oxygen atoms in total. The van der Waals surface area contributed by atoms with Crippen molar-refractivity contribution in [2.75, 3.05) is 13.6 Å². The van der Waals surface area contributed by atoms with Crippen LogP contribution in [0.5, 0.6) is 0 Å². The van der Waals surface area contributed by atoms with Crippen molar-refractivity contribution in [2.24, 2.45) is 5.41 Å². The Kier molecular flexibility index (Phi) is 4.72. The summed E-state index contributed by atoms with van der Waals surface area (Å²) in [7, 11) is 2.01. The van der Waals surface area contributed by atoms with Crippen molar-refractivity contribution in [1.82, 2.24) is 15.2 Å². The zero-order valence-electron chi connectivity index (χ0n) is 17.3.